The molecule has 0 aromatic carbocycles. The van der Waals surface area contributed by atoms with Crippen LogP contribution < -0.4 is 5.32 Å². The van der Waals surface area contributed by atoms with Crippen LogP contribution in [0, 0.1) is 18.8 Å². The Bertz CT molecular complexity index is 383. The Labute approximate surface area is 111 Å². The van der Waals surface area contributed by atoms with Gasteiger partial charge in [0.25, 0.3) is 0 Å². The highest BCUT2D eigenvalue weighted by Gasteiger charge is 2.29. The minimum Gasteiger partial charge on any atom is -0.310 e. The summed E-state index contributed by atoms with van der Waals surface area (Å²) in [6.45, 7) is 7.76. The van der Waals surface area contributed by atoms with Gasteiger partial charge in [-0.15, -0.1) is 0 Å². The van der Waals surface area contributed by atoms with Crippen LogP contribution in [-0.2, 0) is 7.05 Å². The summed E-state index contributed by atoms with van der Waals surface area (Å²) in [7, 11) is 2.02. The maximum Gasteiger partial charge on any atom is 0.0641 e. The second-order valence-electron chi connectivity index (χ2n) is 5.91. The minimum atomic E-state index is 0.492. The molecule has 3 nitrogen and oxygen atoms in total. The van der Waals surface area contributed by atoms with E-state index in [2.05, 4.69) is 37.4 Å². The largest absolute Gasteiger partial charge is 0.310 e. The van der Waals surface area contributed by atoms with E-state index in [0.717, 1.165) is 18.4 Å². The van der Waals surface area contributed by atoms with Crippen LogP contribution in [0.3, 0.4) is 0 Å². The molecule has 2 rings (SSSR count). The van der Waals surface area contributed by atoms with Gasteiger partial charge in [0, 0.05) is 24.8 Å². The van der Waals surface area contributed by atoms with Crippen molar-refractivity contribution < 1.29 is 0 Å². The second-order valence-corrected chi connectivity index (χ2v) is 5.91. The van der Waals surface area contributed by atoms with E-state index in [1.807, 2.05) is 11.7 Å². The highest BCUT2D eigenvalue weighted by atomic mass is 15.3. The Kier molecular flexibility index (Phi) is 4.44. The molecule has 1 heterocycles. The zero-order valence-electron chi connectivity index (χ0n) is 12.2. The maximum absolute atomic E-state index is 4.50. The fourth-order valence-electron chi connectivity index (χ4n) is 3.46. The van der Waals surface area contributed by atoms with E-state index in [-0.39, 0.29) is 0 Å². The molecular formula is C15H27N3. The van der Waals surface area contributed by atoms with Crippen LogP contribution in [0.2, 0.25) is 0 Å². The van der Waals surface area contributed by atoms with Crippen molar-refractivity contribution in [3.63, 3.8) is 0 Å². The van der Waals surface area contributed by atoms with Crippen molar-refractivity contribution in [2.75, 3.05) is 6.54 Å². The lowest BCUT2D eigenvalue weighted by atomic mass is 9.77. The van der Waals surface area contributed by atoms with Gasteiger partial charge in [-0.25, -0.2) is 0 Å². The van der Waals surface area contributed by atoms with E-state index in [0.29, 0.717) is 6.04 Å². The van der Waals surface area contributed by atoms with Gasteiger partial charge in [0.2, 0.25) is 0 Å². The summed E-state index contributed by atoms with van der Waals surface area (Å²) in [5.74, 6) is 1.65. The molecule has 1 fully saturated rings. The van der Waals surface area contributed by atoms with Gasteiger partial charge < -0.3 is 5.32 Å². The number of aryl methyl sites for hydroxylation is 2. The molecular weight excluding hydrogens is 222 g/mol. The van der Waals surface area contributed by atoms with E-state index < -0.39 is 0 Å². The Hall–Kier alpha value is -0.830. The van der Waals surface area contributed by atoms with Crippen LogP contribution in [-0.4, -0.2) is 16.3 Å². The van der Waals surface area contributed by atoms with E-state index in [9.17, 15) is 0 Å². The highest BCUT2D eigenvalue weighted by molar-refractivity contribution is 5.21. The molecule has 18 heavy (non-hydrogen) atoms. The minimum absolute atomic E-state index is 0.492. The molecule has 1 N–H and O–H groups in total. The third-order valence-corrected chi connectivity index (χ3v) is 4.26. The number of nitrogens with zero attached hydrogens (tertiary/aromatic N) is 2. The van der Waals surface area contributed by atoms with Crippen molar-refractivity contribution in [1.29, 1.82) is 0 Å². The Morgan fingerprint density at radius 3 is 2.83 bits per heavy atom. The summed E-state index contributed by atoms with van der Waals surface area (Å²) in [6, 6.07) is 0.492. The molecule has 1 aliphatic carbocycles. The zero-order chi connectivity index (χ0) is 13.1. The normalized spacial score (nSPS) is 26.2. The number of rotatable bonds is 4. The number of aromatic nitrogens is 2. The molecule has 0 radical (unpaired) electrons. The fourth-order valence-corrected chi connectivity index (χ4v) is 3.46. The first kappa shape index (κ1) is 13.6. The molecule has 0 amide bonds. The summed E-state index contributed by atoms with van der Waals surface area (Å²) in [5, 5.41) is 8.19. The molecule has 0 bridgehead atoms. The third-order valence-electron chi connectivity index (χ3n) is 4.26. The number of hydrogen-bond acceptors (Lipinski definition) is 2. The average Bonchev–Trinajstić information content (AvgIpc) is 2.65. The summed E-state index contributed by atoms with van der Waals surface area (Å²) in [6.07, 6.45) is 7.69. The van der Waals surface area contributed by atoms with Gasteiger partial charge in [0.1, 0.15) is 0 Å². The second kappa shape index (κ2) is 5.87. The van der Waals surface area contributed by atoms with Gasteiger partial charge in [-0.1, -0.05) is 26.7 Å². The van der Waals surface area contributed by atoms with Gasteiger partial charge in [-0.05, 0) is 38.1 Å². The van der Waals surface area contributed by atoms with E-state index in [1.54, 1.807) is 0 Å². The molecule has 1 saturated carbocycles. The van der Waals surface area contributed by atoms with Gasteiger partial charge in [0.15, 0.2) is 0 Å². The summed E-state index contributed by atoms with van der Waals surface area (Å²) in [4.78, 5) is 0. The van der Waals surface area contributed by atoms with Gasteiger partial charge in [-0.2, -0.15) is 5.10 Å². The Balaban J connectivity index is 2.19. The van der Waals surface area contributed by atoms with Crippen LogP contribution in [0.1, 0.15) is 56.8 Å². The van der Waals surface area contributed by atoms with Gasteiger partial charge in [0.05, 0.1) is 5.69 Å². The van der Waals surface area contributed by atoms with Gasteiger partial charge >= 0.3 is 0 Å². The lowest BCUT2D eigenvalue weighted by Gasteiger charge is -2.33. The Morgan fingerprint density at radius 2 is 2.28 bits per heavy atom. The van der Waals surface area contributed by atoms with Crippen LogP contribution in [0.4, 0.5) is 0 Å². The summed E-state index contributed by atoms with van der Waals surface area (Å²) >= 11 is 0. The molecule has 0 spiro atoms. The number of nitrogens with one attached hydrogen (secondary N) is 1. The lowest BCUT2D eigenvalue weighted by Crippen LogP contribution is -2.31. The topological polar surface area (TPSA) is 29.9 Å². The monoisotopic (exact) mass is 249 g/mol. The average molecular weight is 249 g/mol. The zero-order valence-corrected chi connectivity index (χ0v) is 12.2. The van der Waals surface area contributed by atoms with Crippen molar-refractivity contribution >= 4 is 0 Å². The third kappa shape index (κ3) is 2.94. The van der Waals surface area contributed by atoms with Crippen LogP contribution in [0.15, 0.2) is 6.20 Å². The lowest BCUT2D eigenvalue weighted by molar-refractivity contribution is 0.225. The van der Waals surface area contributed by atoms with Crippen molar-refractivity contribution in [3.8, 4) is 0 Å². The van der Waals surface area contributed by atoms with Crippen molar-refractivity contribution in [2.45, 2.75) is 52.5 Å². The maximum atomic E-state index is 4.50. The van der Waals surface area contributed by atoms with Crippen LogP contribution in [0.25, 0.3) is 0 Å². The first-order chi connectivity index (χ1) is 8.61. The SMILES string of the molecule is CCNC(c1cn(C)nc1C)C1CCCC(C)C1. The Morgan fingerprint density at radius 1 is 1.50 bits per heavy atom. The van der Waals surface area contributed by atoms with E-state index in [4.69, 9.17) is 0 Å². The fraction of sp³-hybridized carbons (Fsp3) is 0.800. The predicted octanol–water partition coefficient (Wildman–Crippen LogP) is 3.21. The predicted molar refractivity (Wildman–Crippen MR) is 75.5 cm³/mol. The smallest absolute Gasteiger partial charge is 0.0641 e. The molecule has 3 unspecified atom stereocenters. The van der Waals surface area contributed by atoms with E-state index in [1.165, 1.54) is 36.9 Å². The molecule has 1 aliphatic rings. The first-order valence-electron chi connectivity index (χ1n) is 7.35. The van der Waals surface area contributed by atoms with Gasteiger partial charge in [-0.3, -0.25) is 4.68 Å². The summed E-state index contributed by atoms with van der Waals surface area (Å²) in [5.41, 5.74) is 2.58. The van der Waals surface area contributed by atoms with Crippen LogP contribution in [0.5, 0.6) is 0 Å². The van der Waals surface area contributed by atoms with Crippen LogP contribution >= 0.6 is 0 Å². The molecule has 3 atom stereocenters. The van der Waals surface area contributed by atoms with Crippen molar-refractivity contribution in [2.24, 2.45) is 18.9 Å². The molecule has 1 aromatic rings. The first-order valence-corrected chi connectivity index (χ1v) is 7.35. The quantitative estimate of drug-likeness (QED) is 0.888. The van der Waals surface area contributed by atoms with E-state index >= 15 is 0 Å². The molecule has 3 heteroatoms. The van der Waals surface area contributed by atoms with Crippen molar-refractivity contribution in [1.82, 2.24) is 15.1 Å². The van der Waals surface area contributed by atoms with Crippen molar-refractivity contribution in [3.05, 3.63) is 17.5 Å². The molecule has 1 aromatic heterocycles. The highest BCUT2D eigenvalue weighted by Crippen LogP contribution is 2.37. The summed E-state index contributed by atoms with van der Waals surface area (Å²) < 4.78 is 1.95. The molecule has 0 aliphatic heterocycles. The number of hydrogen-bond donors (Lipinski definition) is 1. The molecule has 0 saturated heterocycles. The molecule has 102 valence electrons. The standard InChI is InChI=1S/C15H27N3/c1-5-16-15(13-8-6-7-11(2)9-13)14-10-18(4)17-12(14)3/h10-11,13,15-16H,5-9H2,1-4H3.